The number of urea groups is 1. The van der Waals surface area contributed by atoms with E-state index in [1.807, 2.05) is 11.8 Å². The molecule has 0 saturated carbocycles. The van der Waals surface area contributed by atoms with Crippen LogP contribution in [0.1, 0.15) is 25.7 Å². The monoisotopic (exact) mass is 284 g/mol. The second-order valence-electron chi connectivity index (χ2n) is 4.84. The van der Waals surface area contributed by atoms with Gasteiger partial charge in [0.25, 0.3) is 0 Å². The molecule has 2 rings (SSSR count). The Balaban J connectivity index is 1.60. The van der Waals surface area contributed by atoms with Gasteiger partial charge in [-0.2, -0.15) is 11.8 Å². The highest BCUT2D eigenvalue weighted by atomic mass is 32.2. The van der Waals surface area contributed by atoms with E-state index in [1.54, 1.807) is 6.08 Å². The Morgan fingerprint density at radius 2 is 2.32 bits per heavy atom. The second kappa shape index (κ2) is 6.84. The zero-order valence-corrected chi connectivity index (χ0v) is 11.7. The van der Waals surface area contributed by atoms with Gasteiger partial charge in [0.1, 0.15) is 6.61 Å². The SMILES string of the molecule is C=CCOC(=O)CCCC[C@@H]1SC[C@H]2NC(=O)N[C@@H]12. The van der Waals surface area contributed by atoms with Crippen LogP contribution in [0, 0.1) is 0 Å². The lowest BCUT2D eigenvalue weighted by molar-refractivity contribution is -0.142. The first kappa shape index (κ1) is 14.2. The number of ether oxygens (including phenoxy) is 1. The van der Waals surface area contributed by atoms with Crippen molar-refractivity contribution in [3.8, 4) is 0 Å². The van der Waals surface area contributed by atoms with Gasteiger partial charge in [0, 0.05) is 17.4 Å². The highest BCUT2D eigenvalue weighted by Crippen LogP contribution is 2.33. The fraction of sp³-hybridized carbons (Fsp3) is 0.692. The van der Waals surface area contributed by atoms with Crippen molar-refractivity contribution in [2.75, 3.05) is 12.4 Å². The number of thioether (sulfide) groups is 1. The van der Waals surface area contributed by atoms with Crippen molar-refractivity contribution >= 4 is 23.8 Å². The van der Waals surface area contributed by atoms with Crippen LogP contribution in [0.3, 0.4) is 0 Å². The number of carbonyl (C=O) groups is 2. The predicted octanol–water partition coefficient (Wildman–Crippen LogP) is 1.44. The smallest absolute Gasteiger partial charge is 0.315 e. The van der Waals surface area contributed by atoms with Gasteiger partial charge < -0.3 is 15.4 Å². The van der Waals surface area contributed by atoms with Crippen molar-refractivity contribution in [2.24, 2.45) is 0 Å². The topological polar surface area (TPSA) is 67.4 Å². The molecule has 2 heterocycles. The number of nitrogens with one attached hydrogen (secondary N) is 2. The van der Waals surface area contributed by atoms with Crippen LogP contribution < -0.4 is 10.6 Å². The van der Waals surface area contributed by atoms with Crippen molar-refractivity contribution in [1.82, 2.24) is 10.6 Å². The van der Waals surface area contributed by atoms with E-state index in [9.17, 15) is 9.59 Å². The molecule has 0 radical (unpaired) electrons. The fourth-order valence-electron chi connectivity index (χ4n) is 2.48. The Morgan fingerprint density at radius 1 is 1.47 bits per heavy atom. The van der Waals surface area contributed by atoms with E-state index in [0.29, 0.717) is 18.3 Å². The zero-order chi connectivity index (χ0) is 13.7. The van der Waals surface area contributed by atoms with Gasteiger partial charge in [0.05, 0.1) is 12.1 Å². The van der Waals surface area contributed by atoms with Gasteiger partial charge in [0.15, 0.2) is 0 Å². The fourth-order valence-corrected chi connectivity index (χ4v) is 4.03. The third kappa shape index (κ3) is 3.89. The lowest BCUT2D eigenvalue weighted by Gasteiger charge is -2.16. The van der Waals surface area contributed by atoms with E-state index in [-0.39, 0.29) is 24.1 Å². The minimum Gasteiger partial charge on any atom is -0.461 e. The van der Waals surface area contributed by atoms with E-state index in [4.69, 9.17) is 4.74 Å². The molecule has 0 aromatic carbocycles. The highest BCUT2D eigenvalue weighted by Gasteiger charge is 2.42. The van der Waals surface area contributed by atoms with Crippen LogP contribution in [0.5, 0.6) is 0 Å². The van der Waals surface area contributed by atoms with Gasteiger partial charge in [-0.15, -0.1) is 0 Å². The lowest BCUT2D eigenvalue weighted by atomic mass is 10.0. The maximum atomic E-state index is 11.3. The Labute approximate surface area is 117 Å². The first-order valence-electron chi connectivity index (χ1n) is 6.66. The average Bonchev–Trinajstić information content (AvgIpc) is 2.92. The summed E-state index contributed by atoms with van der Waals surface area (Å²) < 4.78 is 4.92. The standard InChI is InChI=1S/C13H20N2O3S/c1-2-7-18-11(16)6-4-3-5-10-12-9(8-19-10)14-13(17)15-12/h2,9-10,12H,1,3-8H2,(H2,14,15,17)/t9-,10+,12-/m1/s1. The van der Waals surface area contributed by atoms with Crippen molar-refractivity contribution < 1.29 is 14.3 Å². The van der Waals surface area contributed by atoms with E-state index in [1.165, 1.54) is 0 Å². The summed E-state index contributed by atoms with van der Waals surface area (Å²) in [5.41, 5.74) is 0. The lowest BCUT2D eigenvalue weighted by Crippen LogP contribution is -2.36. The Bertz CT molecular complexity index is 362. The molecule has 3 atom stereocenters. The number of hydrogen-bond acceptors (Lipinski definition) is 4. The van der Waals surface area contributed by atoms with E-state index in [0.717, 1.165) is 25.0 Å². The molecule has 2 saturated heterocycles. The molecule has 2 N–H and O–H groups in total. The number of carbonyl (C=O) groups excluding carboxylic acids is 2. The van der Waals surface area contributed by atoms with Gasteiger partial charge in [-0.05, 0) is 12.8 Å². The molecular weight excluding hydrogens is 264 g/mol. The molecule has 0 aromatic rings. The Hall–Kier alpha value is -1.17. The van der Waals surface area contributed by atoms with Crippen LogP contribution in [-0.4, -0.2) is 41.7 Å². The van der Waals surface area contributed by atoms with Gasteiger partial charge in [-0.3, -0.25) is 4.79 Å². The molecular formula is C13H20N2O3S. The maximum absolute atomic E-state index is 11.3. The van der Waals surface area contributed by atoms with Crippen LogP contribution in [0.4, 0.5) is 4.79 Å². The number of rotatable bonds is 7. The maximum Gasteiger partial charge on any atom is 0.315 e. The van der Waals surface area contributed by atoms with Crippen molar-refractivity contribution in [3.63, 3.8) is 0 Å². The molecule has 6 heteroatoms. The summed E-state index contributed by atoms with van der Waals surface area (Å²) in [7, 11) is 0. The zero-order valence-electron chi connectivity index (χ0n) is 10.9. The van der Waals surface area contributed by atoms with Gasteiger partial charge in [-0.1, -0.05) is 19.1 Å². The van der Waals surface area contributed by atoms with E-state index < -0.39 is 0 Å². The molecule has 5 nitrogen and oxygen atoms in total. The molecule has 0 aromatic heterocycles. The molecule has 2 aliphatic heterocycles. The van der Waals surface area contributed by atoms with Crippen LogP contribution >= 0.6 is 11.8 Å². The van der Waals surface area contributed by atoms with Crippen LogP contribution in [-0.2, 0) is 9.53 Å². The first-order valence-corrected chi connectivity index (χ1v) is 7.70. The molecule has 2 fully saturated rings. The number of esters is 1. The average molecular weight is 284 g/mol. The summed E-state index contributed by atoms with van der Waals surface area (Å²) in [5.74, 6) is 0.822. The Kier molecular flexibility index (Phi) is 5.13. The van der Waals surface area contributed by atoms with Crippen LogP contribution in [0.15, 0.2) is 12.7 Å². The predicted molar refractivity (Wildman–Crippen MR) is 75.1 cm³/mol. The Morgan fingerprint density at radius 3 is 3.11 bits per heavy atom. The third-order valence-electron chi connectivity index (χ3n) is 3.42. The van der Waals surface area contributed by atoms with Crippen LogP contribution in [0.25, 0.3) is 0 Å². The normalized spacial score (nSPS) is 28.4. The van der Waals surface area contributed by atoms with Crippen molar-refractivity contribution in [3.05, 3.63) is 12.7 Å². The highest BCUT2D eigenvalue weighted by molar-refractivity contribution is 8.00. The number of fused-ring (bicyclic) bond motifs is 1. The first-order chi connectivity index (χ1) is 9.20. The summed E-state index contributed by atoms with van der Waals surface area (Å²) in [4.78, 5) is 22.5. The number of amides is 2. The molecule has 0 bridgehead atoms. The summed E-state index contributed by atoms with van der Waals surface area (Å²) in [5, 5.41) is 6.36. The quantitative estimate of drug-likeness (QED) is 0.321. The molecule has 2 aliphatic rings. The molecule has 0 unspecified atom stereocenters. The summed E-state index contributed by atoms with van der Waals surface area (Å²) >= 11 is 1.90. The number of unbranched alkanes of at least 4 members (excludes halogenated alkanes) is 1. The van der Waals surface area contributed by atoms with E-state index in [2.05, 4.69) is 17.2 Å². The largest absolute Gasteiger partial charge is 0.461 e. The van der Waals surface area contributed by atoms with Crippen molar-refractivity contribution in [2.45, 2.75) is 43.0 Å². The van der Waals surface area contributed by atoms with Gasteiger partial charge in [0.2, 0.25) is 0 Å². The van der Waals surface area contributed by atoms with Crippen LogP contribution in [0.2, 0.25) is 0 Å². The van der Waals surface area contributed by atoms with Crippen molar-refractivity contribution in [1.29, 1.82) is 0 Å². The molecule has 2 amide bonds. The molecule has 19 heavy (non-hydrogen) atoms. The minimum atomic E-state index is -0.160. The summed E-state index contributed by atoms with van der Waals surface area (Å²) in [6.07, 6.45) is 4.89. The van der Waals surface area contributed by atoms with Gasteiger partial charge in [-0.25, -0.2) is 4.79 Å². The van der Waals surface area contributed by atoms with E-state index >= 15 is 0 Å². The summed E-state index contributed by atoms with van der Waals surface area (Å²) in [6, 6.07) is 0.485. The molecule has 0 aliphatic carbocycles. The van der Waals surface area contributed by atoms with Gasteiger partial charge >= 0.3 is 12.0 Å². The third-order valence-corrected chi connectivity index (χ3v) is 4.93. The molecule has 106 valence electrons. The number of hydrogen-bond donors (Lipinski definition) is 2. The summed E-state index contributed by atoms with van der Waals surface area (Å²) in [6.45, 7) is 3.79. The molecule has 0 spiro atoms. The second-order valence-corrected chi connectivity index (χ2v) is 6.11. The minimum absolute atomic E-state index is 0.0479.